The summed E-state index contributed by atoms with van der Waals surface area (Å²) in [5.41, 5.74) is 2.15. The topological polar surface area (TPSA) is 41.5 Å². The van der Waals surface area contributed by atoms with Crippen LogP contribution in [0.4, 0.5) is 0 Å². The molecule has 0 aromatic heterocycles. The Morgan fingerprint density at radius 1 is 1.50 bits per heavy atom. The number of rotatable bonds is 3. The molecule has 1 aliphatic heterocycles. The maximum absolute atomic E-state index is 9.32. The summed E-state index contributed by atoms with van der Waals surface area (Å²) in [7, 11) is 1.85. The molecule has 0 bridgehead atoms. The summed E-state index contributed by atoms with van der Waals surface area (Å²) in [6.45, 7) is 4.25. The summed E-state index contributed by atoms with van der Waals surface area (Å²) in [4.78, 5) is 0. The van der Waals surface area contributed by atoms with Gasteiger partial charge in [-0.2, -0.15) is 0 Å². The summed E-state index contributed by atoms with van der Waals surface area (Å²) in [5.74, 6) is 0.945. The normalized spacial score (nSPS) is 19.0. The fourth-order valence-corrected chi connectivity index (χ4v) is 2.26. The number of ether oxygens (including phenoxy) is 1. The molecule has 2 rings (SSSR count). The van der Waals surface area contributed by atoms with Crippen molar-refractivity contribution in [3.8, 4) is 5.75 Å². The molecule has 1 aromatic carbocycles. The number of hydrogen-bond acceptors (Lipinski definition) is 3. The standard InChI is InChI=1S/C13H19NO2/c1-13(2)7-9-5-4-6-10(12(9)16-13)11(8-15)14-3/h4-6,11,14-15H,7-8H2,1-3H3. The number of likely N-dealkylation sites (N-methyl/N-ethyl adjacent to an activating group) is 1. The second-order valence-corrected chi connectivity index (χ2v) is 4.90. The predicted molar refractivity (Wildman–Crippen MR) is 63.7 cm³/mol. The lowest BCUT2D eigenvalue weighted by Crippen LogP contribution is -2.26. The molecule has 0 amide bonds. The average molecular weight is 221 g/mol. The lowest BCUT2D eigenvalue weighted by atomic mass is 9.98. The molecule has 1 heterocycles. The first kappa shape index (κ1) is 11.4. The Hall–Kier alpha value is -1.06. The minimum Gasteiger partial charge on any atom is -0.487 e. The zero-order valence-corrected chi connectivity index (χ0v) is 10.1. The first-order chi connectivity index (χ1) is 7.57. The fourth-order valence-electron chi connectivity index (χ4n) is 2.26. The van der Waals surface area contributed by atoms with Gasteiger partial charge in [-0.15, -0.1) is 0 Å². The van der Waals surface area contributed by atoms with E-state index in [1.807, 2.05) is 19.2 Å². The molecule has 88 valence electrons. The minimum absolute atomic E-state index is 0.0520. The second-order valence-electron chi connectivity index (χ2n) is 4.90. The van der Waals surface area contributed by atoms with Crippen molar-refractivity contribution >= 4 is 0 Å². The molecule has 1 aromatic rings. The van der Waals surface area contributed by atoms with Gasteiger partial charge in [0.25, 0.3) is 0 Å². The molecular formula is C13H19NO2. The number of nitrogens with one attached hydrogen (secondary N) is 1. The van der Waals surface area contributed by atoms with Gasteiger partial charge in [0.2, 0.25) is 0 Å². The molecule has 0 radical (unpaired) electrons. The molecule has 0 saturated carbocycles. The van der Waals surface area contributed by atoms with Crippen LogP contribution in [0.15, 0.2) is 18.2 Å². The van der Waals surface area contributed by atoms with Crippen LogP contribution in [0.3, 0.4) is 0 Å². The summed E-state index contributed by atoms with van der Waals surface area (Å²) >= 11 is 0. The third kappa shape index (κ3) is 1.93. The molecular weight excluding hydrogens is 202 g/mol. The van der Waals surface area contributed by atoms with Crippen molar-refractivity contribution in [1.29, 1.82) is 0 Å². The van der Waals surface area contributed by atoms with E-state index in [-0.39, 0.29) is 18.2 Å². The van der Waals surface area contributed by atoms with Gasteiger partial charge >= 0.3 is 0 Å². The average Bonchev–Trinajstić information content (AvgIpc) is 2.54. The Balaban J connectivity index is 2.40. The van der Waals surface area contributed by atoms with Crippen LogP contribution in [-0.2, 0) is 6.42 Å². The summed E-state index contributed by atoms with van der Waals surface area (Å²) in [6.07, 6.45) is 0.929. The summed E-state index contributed by atoms with van der Waals surface area (Å²) < 4.78 is 5.96. The molecule has 16 heavy (non-hydrogen) atoms. The van der Waals surface area contributed by atoms with Gasteiger partial charge in [0, 0.05) is 12.0 Å². The van der Waals surface area contributed by atoms with Crippen molar-refractivity contribution in [2.75, 3.05) is 13.7 Å². The number of para-hydroxylation sites is 1. The third-order valence-corrected chi connectivity index (χ3v) is 3.03. The Morgan fingerprint density at radius 2 is 2.25 bits per heavy atom. The second kappa shape index (κ2) is 4.07. The number of aliphatic hydroxyl groups is 1. The van der Waals surface area contributed by atoms with E-state index in [0.29, 0.717) is 0 Å². The SMILES string of the molecule is CNC(CO)c1cccc2c1OC(C)(C)C2. The molecule has 1 unspecified atom stereocenters. The smallest absolute Gasteiger partial charge is 0.128 e. The summed E-state index contributed by atoms with van der Waals surface area (Å²) in [5, 5.41) is 12.4. The van der Waals surface area contributed by atoms with Crippen molar-refractivity contribution in [3.63, 3.8) is 0 Å². The highest BCUT2D eigenvalue weighted by atomic mass is 16.5. The molecule has 1 aliphatic rings. The highest BCUT2D eigenvalue weighted by Crippen LogP contribution is 2.39. The lowest BCUT2D eigenvalue weighted by molar-refractivity contribution is 0.135. The zero-order chi connectivity index (χ0) is 11.8. The number of benzene rings is 1. The van der Waals surface area contributed by atoms with Crippen LogP contribution >= 0.6 is 0 Å². The van der Waals surface area contributed by atoms with Crippen LogP contribution in [0.25, 0.3) is 0 Å². The van der Waals surface area contributed by atoms with Crippen molar-refractivity contribution in [3.05, 3.63) is 29.3 Å². The van der Waals surface area contributed by atoms with E-state index in [1.165, 1.54) is 5.56 Å². The van der Waals surface area contributed by atoms with Crippen LogP contribution < -0.4 is 10.1 Å². The van der Waals surface area contributed by atoms with Crippen LogP contribution in [0, 0.1) is 0 Å². The van der Waals surface area contributed by atoms with Gasteiger partial charge in [0.15, 0.2) is 0 Å². The van der Waals surface area contributed by atoms with Gasteiger partial charge in [-0.25, -0.2) is 0 Å². The lowest BCUT2D eigenvalue weighted by Gasteiger charge is -2.21. The van der Waals surface area contributed by atoms with Crippen molar-refractivity contribution in [2.45, 2.75) is 31.9 Å². The first-order valence-corrected chi connectivity index (χ1v) is 5.66. The highest BCUT2D eigenvalue weighted by molar-refractivity contribution is 5.47. The Labute approximate surface area is 96.4 Å². The molecule has 0 saturated heterocycles. The monoisotopic (exact) mass is 221 g/mol. The first-order valence-electron chi connectivity index (χ1n) is 5.66. The van der Waals surface area contributed by atoms with Gasteiger partial charge in [-0.3, -0.25) is 0 Å². The molecule has 1 atom stereocenters. The molecule has 0 aliphatic carbocycles. The minimum atomic E-state index is -0.133. The van der Waals surface area contributed by atoms with Crippen LogP contribution in [0.5, 0.6) is 5.75 Å². The molecule has 3 heteroatoms. The molecule has 0 fully saturated rings. The number of aliphatic hydroxyl groups excluding tert-OH is 1. The van der Waals surface area contributed by atoms with E-state index in [0.717, 1.165) is 17.7 Å². The summed E-state index contributed by atoms with van der Waals surface area (Å²) in [6, 6.07) is 6.08. The van der Waals surface area contributed by atoms with Gasteiger partial charge in [0.05, 0.1) is 12.6 Å². The van der Waals surface area contributed by atoms with Gasteiger partial charge in [0.1, 0.15) is 11.4 Å². The van der Waals surface area contributed by atoms with Crippen LogP contribution in [0.2, 0.25) is 0 Å². The fraction of sp³-hybridized carbons (Fsp3) is 0.538. The Morgan fingerprint density at radius 3 is 2.88 bits per heavy atom. The number of fused-ring (bicyclic) bond motifs is 1. The van der Waals surface area contributed by atoms with E-state index >= 15 is 0 Å². The van der Waals surface area contributed by atoms with E-state index < -0.39 is 0 Å². The van der Waals surface area contributed by atoms with Crippen molar-refractivity contribution in [2.24, 2.45) is 0 Å². The van der Waals surface area contributed by atoms with E-state index in [2.05, 4.69) is 25.2 Å². The Kier molecular flexibility index (Phi) is 2.91. The highest BCUT2D eigenvalue weighted by Gasteiger charge is 2.32. The maximum atomic E-state index is 9.32. The largest absolute Gasteiger partial charge is 0.487 e. The van der Waals surface area contributed by atoms with Gasteiger partial charge < -0.3 is 15.2 Å². The van der Waals surface area contributed by atoms with Crippen LogP contribution in [0.1, 0.15) is 31.0 Å². The Bertz CT molecular complexity index is 384. The zero-order valence-electron chi connectivity index (χ0n) is 10.1. The van der Waals surface area contributed by atoms with Gasteiger partial charge in [-0.1, -0.05) is 18.2 Å². The van der Waals surface area contributed by atoms with Gasteiger partial charge in [-0.05, 0) is 26.5 Å². The predicted octanol–water partition coefficient (Wildman–Crippen LogP) is 1.65. The molecule has 3 nitrogen and oxygen atoms in total. The van der Waals surface area contributed by atoms with E-state index in [9.17, 15) is 5.11 Å². The molecule has 2 N–H and O–H groups in total. The third-order valence-electron chi connectivity index (χ3n) is 3.03. The number of hydrogen-bond donors (Lipinski definition) is 2. The van der Waals surface area contributed by atoms with E-state index in [1.54, 1.807) is 0 Å². The van der Waals surface area contributed by atoms with E-state index in [4.69, 9.17) is 4.74 Å². The molecule has 0 spiro atoms. The van der Waals surface area contributed by atoms with Crippen molar-refractivity contribution in [1.82, 2.24) is 5.32 Å². The van der Waals surface area contributed by atoms with Crippen LogP contribution in [-0.4, -0.2) is 24.4 Å². The quantitative estimate of drug-likeness (QED) is 0.815. The maximum Gasteiger partial charge on any atom is 0.128 e. The van der Waals surface area contributed by atoms with Crippen molar-refractivity contribution < 1.29 is 9.84 Å².